The molecule has 4 heteroatoms. The van der Waals surface area contributed by atoms with Crippen LogP contribution in [0.15, 0.2) is 0 Å². The molecule has 0 heterocycles. The topological polar surface area (TPSA) is 58.2 Å². The Balaban J connectivity index is 4.32. The van der Waals surface area contributed by atoms with Crippen LogP contribution in [0.4, 0.5) is 4.79 Å². The van der Waals surface area contributed by atoms with Gasteiger partial charge in [0.25, 0.3) is 0 Å². The van der Waals surface area contributed by atoms with Gasteiger partial charge in [0.05, 0.1) is 0 Å². The van der Waals surface area contributed by atoms with Crippen molar-refractivity contribution < 1.29 is 9.59 Å². The quantitative estimate of drug-likeness (QED) is 0.748. The maximum Gasteiger partial charge on any atom is 0.314 e. The normalized spacial score (nSPS) is 13.1. The summed E-state index contributed by atoms with van der Waals surface area (Å²) in [5.41, 5.74) is -0.0397. The summed E-state index contributed by atoms with van der Waals surface area (Å²) >= 11 is 0. The number of nitrogens with one attached hydrogen (secondary N) is 2. The van der Waals surface area contributed by atoms with E-state index < -0.39 is 0 Å². The van der Waals surface area contributed by atoms with E-state index in [-0.39, 0.29) is 23.3 Å². The minimum absolute atomic E-state index is 0.0151. The summed E-state index contributed by atoms with van der Waals surface area (Å²) in [5.74, 6) is 0.156. The van der Waals surface area contributed by atoms with Crippen molar-refractivity contribution in [3.63, 3.8) is 0 Å². The van der Waals surface area contributed by atoms with E-state index in [1.165, 1.54) is 0 Å². The zero-order chi connectivity index (χ0) is 12.1. The van der Waals surface area contributed by atoms with Gasteiger partial charge in [-0.1, -0.05) is 20.8 Å². The smallest absolute Gasteiger partial charge is 0.314 e. The van der Waals surface area contributed by atoms with E-state index in [1.807, 2.05) is 20.8 Å². The molecule has 0 aliphatic carbocycles. The number of carbonyl (C=O) groups is 2. The lowest BCUT2D eigenvalue weighted by Crippen LogP contribution is -2.47. The molecule has 0 saturated heterocycles. The Kier molecular flexibility index (Phi) is 5.33. The van der Waals surface area contributed by atoms with Crippen LogP contribution in [0.3, 0.4) is 0 Å². The molecule has 0 spiro atoms. The summed E-state index contributed by atoms with van der Waals surface area (Å²) in [6, 6.07) is -0.181. The summed E-state index contributed by atoms with van der Waals surface area (Å²) in [6.07, 6.45) is 1.19. The molecule has 0 radical (unpaired) electrons. The number of rotatable bonds is 4. The monoisotopic (exact) mass is 214 g/mol. The maximum absolute atomic E-state index is 11.2. The number of Topliss-reactive ketones (excluding diaryl/α,β-unsaturated/α-hetero) is 1. The second-order valence-electron chi connectivity index (χ2n) is 4.88. The molecule has 1 atom stereocenters. The van der Waals surface area contributed by atoms with Gasteiger partial charge in [-0.2, -0.15) is 0 Å². The average molecular weight is 214 g/mol. The maximum atomic E-state index is 11.2. The van der Waals surface area contributed by atoms with Crippen molar-refractivity contribution >= 4 is 11.8 Å². The van der Waals surface area contributed by atoms with E-state index in [0.29, 0.717) is 12.8 Å². The van der Waals surface area contributed by atoms with Gasteiger partial charge in [0.2, 0.25) is 0 Å². The first-order valence-electron chi connectivity index (χ1n) is 5.25. The van der Waals surface area contributed by atoms with Crippen LogP contribution in [0.2, 0.25) is 0 Å². The molecule has 88 valence electrons. The van der Waals surface area contributed by atoms with Crippen LogP contribution in [0.5, 0.6) is 0 Å². The fourth-order valence-electron chi connectivity index (χ4n) is 1.30. The third-order valence-electron chi connectivity index (χ3n) is 2.36. The van der Waals surface area contributed by atoms with Crippen molar-refractivity contribution in [1.29, 1.82) is 0 Å². The molecule has 0 aromatic heterocycles. The van der Waals surface area contributed by atoms with Gasteiger partial charge in [-0.3, -0.25) is 0 Å². The van der Waals surface area contributed by atoms with Crippen LogP contribution >= 0.6 is 0 Å². The van der Waals surface area contributed by atoms with Gasteiger partial charge in [0, 0.05) is 19.5 Å². The van der Waals surface area contributed by atoms with Crippen LogP contribution in [-0.2, 0) is 4.79 Å². The Labute approximate surface area is 91.8 Å². The third-order valence-corrected chi connectivity index (χ3v) is 2.36. The lowest BCUT2D eigenvalue weighted by Gasteiger charge is -2.31. The van der Waals surface area contributed by atoms with Crippen LogP contribution in [0, 0.1) is 5.41 Å². The lowest BCUT2D eigenvalue weighted by atomic mass is 9.84. The van der Waals surface area contributed by atoms with Gasteiger partial charge < -0.3 is 15.4 Å². The largest absolute Gasteiger partial charge is 0.341 e. The Morgan fingerprint density at radius 2 is 1.80 bits per heavy atom. The molecule has 0 fully saturated rings. The van der Waals surface area contributed by atoms with Gasteiger partial charge >= 0.3 is 6.03 Å². The van der Waals surface area contributed by atoms with Crippen LogP contribution in [0.1, 0.15) is 40.5 Å². The predicted molar refractivity (Wildman–Crippen MR) is 60.7 cm³/mol. The van der Waals surface area contributed by atoms with E-state index in [4.69, 9.17) is 0 Å². The molecular formula is C11H22N2O2. The third kappa shape index (κ3) is 6.10. The number of hydrogen-bond acceptors (Lipinski definition) is 2. The van der Waals surface area contributed by atoms with Gasteiger partial charge in [0.1, 0.15) is 5.78 Å². The van der Waals surface area contributed by atoms with Gasteiger partial charge in [0.15, 0.2) is 0 Å². The number of carbonyl (C=O) groups excluding carboxylic acids is 2. The molecule has 0 aromatic carbocycles. The van der Waals surface area contributed by atoms with E-state index in [9.17, 15) is 9.59 Å². The highest BCUT2D eigenvalue weighted by atomic mass is 16.2. The van der Waals surface area contributed by atoms with Crippen molar-refractivity contribution in [1.82, 2.24) is 10.6 Å². The van der Waals surface area contributed by atoms with Crippen molar-refractivity contribution in [2.75, 3.05) is 7.05 Å². The molecule has 15 heavy (non-hydrogen) atoms. The van der Waals surface area contributed by atoms with E-state index in [1.54, 1.807) is 14.0 Å². The van der Waals surface area contributed by atoms with E-state index in [2.05, 4.69) is 10.6 Å². The van der Waals surface area contributed by atoms with Crippen molar-refractivity contribution in [3.8, 4) is 0 Å². The summed E-state index contributed by atoms with van der Waals surface area (Å²) in [7, 11) is 1.58. The van der Waals surface area contributed by atoms with Gasteiger partial charge in [-0.25, -0.2) is 4.79 Å². The summed E-state index contributed by atoms with van der Waals surface area (Å²) in [4.78, 5) is 22.1. The van der Waals surface area contributed by atoms with Gasteiger partial charge in [-0.15, -0.1) is 0 Å². The molecule has 0 saturated carbocycles. The molecule has 1 unspecified atom stereocenters. The molecule has 2 amide bonds. The molecular weight excluding hydrogens is 192 g/mol. The summed E-state index contributed by atoms with van der Waals surface area (Å²) in [6.45, 7) is 7.72. The molecule has 0 bridgehead atoms. The first-order chi connectivity index (χ1) is 6.77. The Morgan fingerprint density at radius 1 is 1.27 bits per heavy atom. The number of amides is 2. The average Bonchev–Trinajstić information content (AvgIpc) is 2.09. The minimum Gasteiger partial charge on any atom is -0.341 e. The summed E-state index contributed by atoms with van der Waals surface area (Å²) < 4.78 is 0. The van der Waals surface area contributed by atoms with Crippen molar-refractivity contribution in [2.45, 2.75) is 46.6 Å². The molecule has 0 aliphatic rings. The molecule has 0 aromatic rings. The van der Waals surface area contributed by atoms with E-state index in [0.717, 1.165) is 0 Å². The second-order valence-corrected chi connectivity index (χ2v) is 4.88. The number of ketones is 1. The fraction of sp³-hybridized carbons (Fsp3) is 0.818. The van der Waals surface area contributed by atoms with Crippen molar-refractivity contribution in [3.05, 3.63) is 0 Å². The first kappa shape index (κ1) is 13.9. The molecule has 0 aliphatic heterocycles. The Bertz CT molecular complexity index is 231. The fourth-order valence-corrected chi connectivity index (χ4v) is 1.30. The predicted octanol–water partition coefficient (Wildman–Crippen LogP) is 1.70. The van der Waals surface area contributed by atoms with Crippen LogP contribution in [-0.4, -0.2) is 24.9 Å². The standard InChI is InChI=1S/C11H22N2O2/c1-8(14)6-7-9(11(2,3)4)13-10(15)12-5/h9H,6-7H2,1-5H3,(H2,12,13,15). The lowest BCUT2D eigenvalue weighted by molar-refractivity contribution is -0.117. The van der Waals surface area contributed by atoms with Crippen LogP contribution < -0.4 is 10.6 Å². The Hall–Kier alpha value is -1.06. The molecule has 0 rings (SSSR count). The number of urea groups is 1. The van der Waals surface area contributed by atoms with E-state index >= 15 is 0 Å². The SMILES string of the molecule is CNC(=O)NC(CCC(C)=O)C(C)(C)C. The first-order valence-corrected chi connectivity index (χ1v) is 5.25. The van der Waals surface area contributed by atoms with Crippen molar-refractivity contribution in [2.24, 2.45) is 5.41 Å². The zero-order valence-corrected chi connectivity index (χ0v) is 10.3. The summed E-state index contributed by atoms with van der Waals surface area (Å²) in [5, 5.41) is 5.38. The molecule has 2 N–H and O–H groups in total. The highest BCUT2D eigenvalue weighted by molar-refractivity contribution is 5.76. The Morgan fingerprint density at radius 3 is 2.13 bits per heavy atom. The van der Waals surface area contributed by atoms with Gasteiger partial charge in [-0.05, 0) is 18.8 Å². The highest BCUT2D eigenvalue weighted by Crippen LogP contribution is 2.22. The molecule has 4 nitrogen and oxygen atoms in total. The minimum atomic E-state index is -0.196. The zero-order valence-electron chi connectivity index (χ0n) is 10.3. The second kappa shape index (κ2) is 5.73. The van der Waals surface area contributed by atoms with Crippen LogP contribution in [0.25, 0.3) is 0 Å². The highest BCUT2D eigenvalue weighted by Gasteiger charge is 2.25. The number of hydrogen-bond donors (Lipinski definition) is 2.